The van der Waals surface area contributed by atoms with Gasteiger partial charge in [-0.1, -0.05) is 6.08 Å². The van der Waals surface area contributed by atoms with Crippen molar-refractivity contribution in [1.29, 1.82) is 0 Å². The Labute approximate surface area is 124 Å². The quantitative estimate of drug-likeness (QED) is 0.574. The van der Waals surface area contributed by atoms with E-state index in [9.17, 15) is 14.7 Å². The SMILES string of the molecule is C=CCc1nccn1C(C)C(=O)O.C[N+](C)(C)CC(=O)[O-]. The number of aliphatic carboxylic acids is 2. The van der Waals surface area contributed by atoms with Crippen molar-refractivity contribution in [3.05, 3.63) is 30.9 Å². The van der Waals surface area contributed by atoms with Gasteiger partial charge in [0.25, 0.3) is 0 Å². The third-order valence-corrected chi connectivity index (χ3v) is 2.45. The van der Waals surface area contributed by atoms with Gasteiger partial charge in [-0.25, -0.2) is 9.78 Å². The number of allylic oxidation sites excluding steroid dienone is 1. The summed E-state index contributed by atoms with van der Waals surface area (Å²) in [6, 6.07) is -0.572. The predicted octanol–water partition coefficient (Wildman–Crippen LogP) is -0.300. The normalized spacial score (nSPS) is 12.0. The van der Waals surface area contributed by atoms with Gasteiger partial charge in [-0.15, -0.1) is 6.58 Å². The van der Waals surface area contributed by atoms with Crippen LogP contribution < -0.4 is 5.11 Å². The molecule has 0 aromatic carbocycles. The van der Waals surface area contributed by atoms with E-state index in [4.69, 9.17) is 5.11 Å². The Morgan fingerprint density at radius 3 is 2.43 bits per heavy atom. The highest BCUT2D eigenvalue weighted by atomic mass is 16.4. The van der Waals surface area contributed by atoms with E-state index in [0.717, 1.165) is 5.82 Å². The number of likely N-dealkylation sites (N-methyl/N-ethyl adjacent to an activating group) is 1. The number of nitrogens with zero attached hydrogens (tertiary/aromatic N) is 3. The van der Waals surface area contributed by atoms with E-state index in [1.54, 1.807) is 51.1 Å². The van der Waals surface area contributed by atoms with Gasteiger partial charge < -0.3 is 24.1 Å². The van der Waals surface area contributed by atoms with Crippen LogP contribution in [0.3, 0.4) is 0 Å². The van der Waals surface area contributed by atoms with E-state index in [2.05, 4.69) is 11.6 Å². The summed E-state index contributed by atoms with van der Waals surface area (Å²) in [6.07, 6.45) is 5.55. The van der Waals surface area contributed by atoms with Crippen LogP contribution in [0.15, 0.2) is 25.0 Å². The van der Waals surface area contributed by atoms with Gasteiger partial charge in [-0.2, -0.15) is 0 Å². The van der Waals surface area contributed by atoms with Crippen molar-refractivity contribution >= 4 is 11.9 Å². The van der Waals surface area contributed by atoms with Crippen LogP contribution in [0.5, 0.6) is 0 Å². The van der Waals surface area contributed by atoms with Crippen LogP contribution in [0.1, 0.15) is 18.8 Å². The Balaban J connectivity index is 0.000000433. The van der Waals surface area contributed by atoms with Crippen LogP contribution in [-0.4, -0.2) is 58.8 Å². The molecule has 7 nitrogen and oxygen atoms in total. The fraction of sp³-hybridized carbons (Fsp3) is 0.500. The van der Waals surface area contributed by atoms with Crippen molar-refractivity contribution in [2.45, 2.75) is 19.4 Å². The van der Waals surface area contributed by atoms with Crippen LogP contribution >= 0.6 is 0 Å². The molecule has 21 heavy (non-hydrogen) atoms. The molecule has 0 aliphatic rings. The van der Waals surface area contributed by atoms with Crippen LogP contribution in [0.2, 0.25) is 0 Å². The largest absolute Gasteiger partial charge is 0.544 e. The maximum absolute atomic E-state index is 10.7. The number of imidazole rings is 1. The third-order valence-electron chi connectivity index (χ3n) is 2.45. The van der Waals surface area contributed by atoms with Crippen LogP contribution in [-0.2, 0) is 16.0 Å². The van der Waals surface area contributed by atoms with E-state index in [1.165, 1.54) is 0 Å². The molecule has 0 bridgehead atoms. The van der Waals surface area contributed by atoms with Crippen molar-refractivity contribution in [3.8, 4) is 0 Å². The predicted molar refractivity (Wildman–Crippen MR) is 76.4 cm³/mol. The third kappa shape index (κ3) is 7.88. The molecule has 1 atom stereocenters. The first-order chi connectivity index (χ1) is 9.58. The smallest absolute Gasteiger partial charge is 0.326 e. The van der Waals surface area contributed by atoms with E-state index < -0.39 is 18.0 Å². The van der Waals surface area contributed by atoms with E-state index in [0.29, 0.717) is 10.9 Å². The van der Waals surface area contributed by atoms with Crippen molar-refractivity contribution < 1.29 is 24.3 Å². The second-order valence-corrected chi connectivity index (χ2v) is 5.58. The average Bonchev–Trinajstić information content (AvgIpc) is 2.74. The standard InChI is InChI=1S/C9H12N2O2.C5H11NO2/c1-3-4-8-10-5-6-11(8)7(2)9(12)13;1-6(2,3)4-5(7)8/h3,5-7H,1,4H2,2H3,(H,12,13);4H2,1-3H3. The number of hydrogen-bond acceptors (Lipinski definition) is 4. The summed E-state index contributed by atoms with van der Waals surface area (Å²) in [7, 11) is 5.40. The second-order valence-electron chi connectivity index (χ2n) is 5.58. The molecule has 1 aromatic rings. The molecule has 7 heteroatoms. The molecule has 0 aliphatic carbocycles. The highest BCUT2D eigenvalue weighted by Gasteiger charge is 2.15. The fourth-order valence-corrected chi connectivity index (χ4v) is 1.49. The zero-order chi connectivity index (χ0) is 16.6. The van der Waals surface area contributed by atoms with Crippen molar-refractivity contribution in [2.75, 3.05) is 27.7 Å². The van der Waals surface area contributed by atoms with Gasteiger partial charge >= 0.3 is 5.97 Å². The minimum atomic E-state index is -1.00. The van der Waals surface area contributed by atoms with Gasteiger partial charge in [0.05, 0.1) is 27.1 Å². The molecule has 0 aliphatic heterocycles. The van der Waals surface area contributed by atoms with Gasteiger partial charge in [0.15, 0.2) is 0 Å². The summed E-state index contributed by atoms with van der Waals surface area (Å²) in [5.41, 5.74) is 0. The number of rotatable bonds is 6. The Morgan fingerprint density at radius 2 is 2.10 bits per heavy atom. The van der Waals surface area contributed by atoms with Crippen LogP contribution in [0.25, 0.3) is 0 Å². The lowest BCUT2D eigenvalue weighted by atomic mass is 10.3. The summed E-state index contributed by atoms with van der Waals surface area (Å²) >= 11 is 0. The molecular weight excluding hydrogens is 274 g/mol. The number of hydrogen-bond donors (Lipinski definition) is 1. The number of quaternary nitrogens is 1. The average molecular weight is 297 g/mol. The lowest BCUT2D eigenvalue weighted by Crippen LogP contribution is -2.45. The monoisotopic (exact) mass is 297 g/mol. The Kier molecular flexibility index (Phi) is 7.37. The molecular formula is C14H23N3O4. The highest BCUT2D eigenvalue weighted by Crippen LogP contribution is 2.09. The van der Waals surface area contributed by atoms with Gasteiger partial charge in [-0.3, -0.25) is 0 Å². The van der Waals surface area contributed by atoms with Crippen molar-refractivity contribution in [1.82, 2.24) is 9.55 Å². The maximum Gasteiger partial charge on any atom is 0.326 e. The summed E-state index contributed by atoms with van der Waals surface area (Å²) < 4.78 is 2.05. The number of carboxylic acids is 2. The number of carboxylic acid groups (broad SMARTS) is 2. The zero-order valence-corrected chi connectivity index (χ0v) is 12.9. The summed E-state index contributed by atoms with van der Waals surface area (Å²) in [5, 5.41) is 18.7. The molecule has 118 valence electrons. The van der Waals surface area contributed by atoms with Crippen molar-refractivity contribution in [2.24, 2.45) is 0 Å². The molecule has 1 unspecified atom stereocenters. The molecule has 0 saturated heterocycles. The van der Waals surface area contributed by atoms with E-state index in [1.807, 2.05) is 0 Å². The molecule has 1 rings (SSSR count). The topological polar surface area (TPSA) is 95.2 Å². The van der Waals surface area contributed by atoms with E-state index in [-0.39, 0.29) is 6.54 Å². The van der Waals surface area contributed by atoms with Crippen LogP contribution in [0, 0.1) is 0 Å². The molecule has 0 spiro atoms. The summed E-state index contributed by atoms with van der Waals surface area (Å²) in [5.74, 6) is -1.13. The molecule has 1 aromatic heterocycles. The van der Waals surface area contributed by atoms with Gasteiger partial charge in [0.1, 0.15) is 18.4 Å². The minimum Gasteiger partial charge on any atom is -0.544 e. The maximum atomic E-state index is 10.7. The molecule has 0 fully saturated rings. The fourth-order valence-electron chi connectivity index (χ4n) is 1.49. The lowest BCUT2D eigenvalue weighted by molar-refractivity contribution is -0.864. The minimum absolute atomic E-state index is 0.0694. The second kappa shape index (κ2) is 8.21. The van der Waals surface area contributed by atoms with Crippen molar-refractivity contribution in [3.63, 3.8) is 0 Å². The first-order valence-corrected chi connectivity index (χ1v) is 6.44. The first kappa shape index (κ1) is 18.9. The number of aromatic nitrogens is 2. The number of carbonyl (C=O) groups is 2. The van der Waals surface area contributed by atoms with Gasteiger partial charge in [-0.05, 0) is 6.92 Å². The zero-order valence-electron chi connectivity index (χ0n) is 12.9. The van der Waals surface area contributed by atoms with E-state index >= 15 is 0 Å². The summed E-state index contributed by atoms with van der Waals surface area (Å²) in [6.45, 7) is 5.27. The Hall–Kier alpha value is -2.15. The summed E-state index contributed by atoms with van der Waals surface area (Å²) in [4.78, 5) is 24.6. The van der Waals surface area contributed by atoms with Gasteiger partial charge in [0, 0.05) is 18.8 Å². The molecule has 0 amide bonds. The molecule has 0 saturated carbocycles. The molecule has 1 N–H and O–H groups in total. The van der Waals surface area contributed by atoms with Crippen LogP contribution in [0.4, 0.5) is 0 Å². The Morgan fingerprint density at radius 1 is 1.52 bits per heavy atom. The molecule has 0 radical (unpaired) electrons. The first-order valence-electron chi connectivity index (χ1n) is 6.44. The Bertz CT molecular complexity index is 489. The number of carbonyl (C=O) groups excluding carboxylic acids is 1. The highest BCUT2D eigenvalue weighted by molar-refractivity contribution is 5.71. The van der Waals surface area contributed by atoms with Gasteiger partial charge in [0.2, 0.25) is 0 Å². The molecule has 1 heterocycles. The lowest BCUT2D eigenvalue weighted by Gasteiger charge is -2.23.